The summed E-state index contributed by atoms with van der Waals surface area (Å²) in [7, 11) is 6.15. The van der Waals surface area contributed by atoms with Gasteiger partial charge in [-0.15, -0.1) is 0 Å². The van der Waals surface area contributed by atoms with E-state index in [1.807, 2.05) is 13.2 Å². The molecule has 4 heteroatoms. The Morgan fingerprint density at radius 1 is 1.28 bits per heavy atom. The van der Waals surface area contributed by atoms with Gasteiger partial charge in [0.15, 0.2) is 0 Å². The Balaban J connectivity index is 2.46. The highest BCUT2D eigenvalue weighted by atomic mass is 15.1. The first-order valence-electron chi connectivity index (χ1n) is 6.65. The van der Waals surface area contributed by atoms with Gasteiger partial charge in [-0.2, -0.15) is 0 Å². The van der Waals surface area contributed by atoms with Crippen LogP contribution < -0.4 is 5.32 Å². The highest BCUT2D eigenvalue weighted by molar-refractivity contribution is 5.36. The van der Waals surface area contributed by atoms with Crippen molar-refractivity contribution in [2.75, 3.05) is 46.1 Å². The number of hydrogen-bond acceptors (Lipinski definition) is 4. The van der Waals surface area contributed by atoms with Gasteiger partial charge in [0.1, 0.15) is 5.82 Å². The van der Waals surface area contributed by atoms with Gasteiger partial charge in [0.2, 0.25) is 0 Å². The van der Waals surface area contributed by atoms with Gasteiger partial charge < -0.3 is 10.2 Å². The van der Waals surface area contributed by atoms with E-state index in [1.54, 1.807) is 0 Å². The van der Waals surface area contributed by atoms with E-state index in [1.165, 1.54) is 12.0 Å². The molecule has 0 spiro atoms. The second-order valence-electron chi connectivity index (χ2n) is 4.82. The lowest BCUT2D eigenvalue weighted by Crippen LogP contribution is -2.26. The minimum atomic E-state index is 0.942. The van der Waals surface area contributed by atoms with Gasteiger partial charge in [-0.25, -0.2) is 4.98 Å². The lowest BCUT2D eigenvalue weighted by molar-refractivity contribution is 0.259. The summed E-state index contributed by atoms with van der Waals surface area (Å²) in [6.07, 6.45) is 3.08. The molecule has 0 aliphatic carbocycles. The molecule has 0 bridgehead atoms. The van der Waals surface area contributed by atoms with E-state index in [9.17, 15) is 0 Å². The Morgan fingerprint density at radius 2 is 2.06 bits per heavy atom. The fraction of sp³-hybridized carbons (Fsp3) is 0.643. The number of pyridine rings is 1. The van der Waals surface area contributed by atoms with Gasteiger partial charge in [-0.3, -0.25) is 4.90 Å². The van der Waals surface area contributed by atoms with Crippen LogP contribution in [0, 0.1) is 0 Å². The van der Waals surface area contributed by atoms with Gasteiger partial charge in [0.05, 0.1) is 0 Å². The SMILES string of the molecule is CCN(CCCN(C)C)Cc1ccnc(NC)c1. The first-order valence-corrected chi connectivity index (χ1v) is 6.65. The van der Waals surface area contributed by atoms with E-state index in [2.05, 4.69) is 53.3 Å². The van der Waals surface area contributed by atoms with Crippen molar-refractivity contribution in [3.8, 4) is 0 Å². The number of nitrogens with zero attached hydrogens (tertiary/aromatic N) is 3. The van der Waals surface area contributed by atoms with E-state index >= 15 is 0 Å². The standard InChI is InChI=1S/C14H26N4/c1-5-18(10-6-9-17(3)4)12-13-7-8-16-14(11-13)15-2/h7-8,11H,5-6,9-10,12H2,1-4H3,(H,15,16). The maximum Gasteiger partial charge on any atom is 0.125 e. The molecule has 1 rings (SSSR count). The molecule has 0 amide bonds. The maximum atomic E-state index is 4.24. The molecule has 18 heavy (non-hydrogen) atoms. The van der Waals surface area contributed by atoms with E-state index in [-0.39, 0.29) is 0 Å². The van der Waals surface area contributed by atoms with Crippen LogP contribution >= 0.6 is 0 Å². The van der Waals surface area contributed by atoms with Crippen LogP contribution in [0.5, 0.6) is 0 Å². The molecule has 0 fully saturated rings. The summed E-state index contributed by atoms with van der Waals surface area (Å²) >= 11 is 0. The van der Waals surface area contributed by atoms with Crippen LogP contribution in [0.15, 0.2) is 18.3 Å². The summed E-state index contributed by atoms with van der Waals surface area (Å²) in [5, 5.41) is 3.08. The molecule has 102 valence electrons. The molecule has 0 aliphatic rings. The first-order chi connectivity index (χ1) is 8.65. The van der Waals surface area contributed by atoms with Crippen LogP contribution in [0.25, 0.3) is 0 Å². The summed E-state index contributed by atoms with van der Waals surface area (Å²) in [6, 6.07) is 4.21. The molecule has 1 aromatic rings. The Labute approximate surface area is 111 Å². The normalized spacial score (nSPS) is 11.2. The minimum absolute atomic E-state index is 0.942. The van der Waals surface area contributed by atoms with Gasteiger partial charge in [0, 0.05) is 19.8 Å². The summed E-state index contributed by atoms with van der Waals surface area (Å²) in [5.41, 5.74) is 1.32. The number of hydrogen-bond donors (Lipinski definition) is 1. The van der Waals surface area contributed by atoms with Crippen LogP contribution in [-0.4, -0.2) is 55.6 Å². The van der Waals surface area contributed by atoms with E-state index in [0.717, 1.165) is 32.0 Å². The van der Waals surface area contributed by atoms with Crippen molar-refractivity contribution in [3.63, 3.8) is 0 Å². The molecule has 1 N–H and O–H groups in total. The van der Waals surface area contributed by atoms with Crippen molar-refractivity contribution >= 4 is 5.82 Å². The summed E-state index contributed by atoms with van der Waals surface area (Å²) in [4.78, 5) is 8.95. The maximum absolute atomic E-state index is 4.24. The molecule has 4 nitrogen and oxygen atoms in total. The van der Waals surface area contributed by atoms with Crippen molar-refractivity contribution in [1.29, 1.82) is 0 Å². The van der Waals surface area contributed by atoms with Crippen LogP contribution in [0.4, 0.5) is 5.82 Å². The topological polar surface area (TPSA) is 31.4 Å². The van der Waals surface area contributed by atoms with Crippen molar-refractivity contribution in [3.05, 3.63) is 23.9 Å². The molecule has 0 aromatic carbocycles. The monoisotopic (exact) mass is 250 g/mol. The second kappa shape index (κ2) is 8.06. The fourth-order valence-electron chi connectivity index (χ4n) is 1.93. The van der Waals surface area contributed by atoms with E-state index in [4.69, 9.17) is 0 Å². The Bertz CT molecular complexity index is 338. The van der Waals surface area contributed by atoms with Crippen LogP contribution in [0.1, 0.15) is 18.9 Å². The summed E-state index contributed by atoms with van der Waals surface area (Å²) < 4.78 is 0. The van der Waals surface area contributed by atoms with Crippen LogP contribution in [-0.2, 0) is 6.54 Å². The number of nitrogens with one attached hydrogen (secondary N) is 1. The zero-order valence-corrected chi connectivity index (χ0v) is 12.1. The lowest BCUT2D eigenvalue weighted by Gasteiger charge is -2.21. The summed E-state index contributed by atoms with van der Waals surface area (Å²) in [6.45, 7) is 6.60. The van der Waals surface area contributed by atoms with Crippen molar-refractivity contribution in [2.45, 2.75) is 19.9 Å². The van der Waals surface area contributed by atoms with Gasteiger partial charge in [-0.1, -0.05) is 6.92 Å². The van der Waals surface area contributed by atoms with E-state index in [0.29, 0.717) is 0 Å². The summed E-state index contributed by atoms with van der Waals surface area (Å²) in [5.74, 6) is 0.942. The minimum Gasteiger partial charge on any atom is -0.373 e. The zero-order valence-electron chi connectivity index (χ0n) is 12.1. The quantitative estimate of drug-likeness (QED) is 0.763. The van der Waals surface area contributed by atoms with Crippen LogP contribution in [0.2, 0.25) is 0 Å². The third-order valence-corrected chi connectivity index (χ3v) is 3.01. The molecule has 0 atom stereocenters. The first kappa shape index (κ1) is 14.9. The molecular formula is C14H26N4. The number of aromatic nitrogens is 1. The third kappa shape index (κ3) is 5.47. The molecule has 0 aliphatic heterocycles. The van der Waals surface area contributed by atoms with Crippen LogP contribution in [0.3, 0.4) is 0 Å². The largest absolute Gasteiger partial charge is 0.373 e. The molecule has 0 unspecified atom stereocenters. The second-order valence-corrected chi connectivity index (χ2v) is 4.82. The Morgan fingerprint density at radius 3 is 2.67 bits per heavy atom. The molecule has 0 saturated carbocycles. The highest BCUT2D eigenvalue weighted by Crippen LogP contribution is 2.09. The zero-order chi connectivity index (χ0) is 13.4. The Hall–Kier alpha value is -1.13. The molecule has 1 heterocycles. The smallest absolute Gasteiger partial charge is 0.125 e. The molecule has 0 saturated heterocycles. The number of rotatable bonds is 8. The van der Waals surface area contributed by atoms with Crippen molar-refractivity contribution in [2.24, 2.45) is 0 Å². The number of anilines is 1. The molecule has 1 aromatic heterocycles. The van der Waals surface area contributed by atoms with Gasteiger partial charge in [-0.05, 0) is 57.8 Å². The average molecular weight is 250 g/mol. The highest BCUT2D eigenvalue weighted by Gasteiger charge is 2.04. The van der Waals surface area contributed by atoms with E-state index < -0.39 is 0 Å². The van der Waals surface area contributed by atoms with Crippen molar-refractivity contribution < 1.29 is 0 Å². The van der Waals surface area contributed by atoms with Gasteiger partial charge in [0.25, 0.3) is 0 Å². The predicted octanol–water partition coefficient (Wildman–Crippen LogP) is 1.90. The fourth-order valence-corrected chi connectivity index (χ4v) is 1.93. The molecule has 0 radical (unpaired) electrons. The average Bonchev–Trinajstić information content (AvgIpc) is 2.37. The predicted molar refractivity (Wildman–Crippen MR) is 77.9 cm³/mol. The Kier molecular flexibility index (Phi) is 6.68. The lowest BCUT2D eigenvalue weighted by atomic mass is 10.2. The third-order valence-electron chi connectivity index (χ3n) is 3.01. The van der Waals surface area contributed by atoms with Crippen molar-refractivity contribution in [1.82, 2.24) is 14.8 Å². The molecular weight excluding hydrogens is 224 g/mol. The van der Waals surface area contributed by atoms with Gasteiger partial charge >= 0.3 is 0 Å².